The molecule has 2 rings (SSSR count). The van der Waals surface area contributed by atoms with E-state index in [1.165, 1.54) is 11.1 Å². The van der Waals surface area contributed by atoms with Crippen molar-refractivity contribution in [2.24, 2.45) is 0 Å². The Hall–Kier alpha value is -1.88. The van der Waals surface area contributed by atoms with E-state index < -0.39 is 5.54 Å². The monoisotopic (exact) mass is 333 g/mol. The first kappa shape index (κ1) is 18.5. The molecule has 0 bridgehead atoms. The third-order valence-corrected chi connectivity index (χ3v) is 4.76. The summed E-state index contributed by atoms with van der Waals surface area (Å²) in [6.07, 6.45) is 2.40. The minimum Gasteiger partial charge on any atom is -0.466 e. The molecule has 5 nitrogen and oxygen atoms in total. The molecular formula is C19H27NO4. The molecule has 0 aromatic heterocycles. The van der Waals surface area contributed by atoms with Crippen molar-refractivity contribution in [2.75, 3.05) is 26.8 Å². The summed E-state index contributed by atoms with van der Waals surface area (Å²) in [5.41, 5.74) is 2.03. The van der Waals surface area contributed by atoms with E-state index in [9.17, 15) is 9.59 Å². The first-order valence-electron chi connectivity index (χ1n) is 8.64. The van der Waals surface area contributed by atoms with Gasteiger partial charge in [0, 0.05) is 6.54 Å². The average Bonchev–Trinajstić information content (AvgIpc) is 2.93. The lowest BCUT2D eigenvalue weighted by atomic mass is 9.86. The van der Waals surface area contributed by atoms with Gasteiger partial charge >= 0.3 is 11.9 Å². The number of carbonyl (C=O) groups excluding carboxylic acids is 2. The normalized spacial score (nSPS) is 19.2. The SMILES string of the molecule is CCOC(=O)CCN(C)C1(CC(=O)OCC)CCc2ccccc21. The van der Waals surface area contributed by atoms with E-state index in [0.29, 0.717) is 32.6 Å². The van der Waals surface area contributed by atoms with Crippen LogP contribution in [-0.4, -0.2) is 43.6 Å². The van der Waals surface area contributed by atoms with Crippen molar-refractivity contribution in [3.8, 4) is 0 Å². The maximum atomic E-state index is 12.2. The average molecular weight is 333 g/mol. The molecule has 5 heteroatoms. The van der Waals surface area contributed by atoms with Gasteiger partial charge < -0.3 is 9.47 Å². The van der Waals surface area contributed by atoms with Gasteiger partial charge in [-0.2, -0.15) is 0 Å². The van der Waals surface area contributed by atoms with Crippen LogP contribution in [0.2, 0.25) is 0 Å². The van der Waals surface area contributed by atoms with E-state index in [-0.39, 0.29) is 11.9 Å². The van der Waals surface area contributed by atoms with Gasteiger partial charge in [0.15, 0.2) is 0 Å². The summed E-state index contributed by atoms with van der Waals surface area (Å²) in [7, 11) is 1.97. The van der Waals surface area contributed by atoms with Gasteiger partial charge in [0.25, 0.3) is 0 Å². The van der Waals surface area contributed by atoms with Crippen LogP contribution in [-0.2, 0) is 31.0 Å². The molecule has 1 aromatic rings. The number of aryl methyl sites for hydroxylation is 1. The number of benzene rings is 1. The molecule has 0 spiro atoms. The van der Waals surface area contributed by atoms with Crippen molar-refractivity contribution >= 4 is 11.9 Å². The Balaban J connectivity index is 2.21. The number of esters is 2. The Kier molecular flexibility index (Phi) is 6.37. The summed E-state index contributed by atoms with van der Waals surface area (Å²) in [6, 6.07) is 8.23. The van der Waals surface area contributed by atoms with Gasteiger partial charge in [0.1, 0.15) is 0 Å². The van der Waals surface area contributed by atoms with Gasteiger partial charge in [-0.3, -0.25) is 14.5 Å². The molecule has 1 aromatic carbocycles. The fourth-order valence-corrected chi connectivity index (χ4v) is 3.54. The molecule has 1 aliphatic carbocycles. The molecule has 0 radical (unpaired) electrons. The minimum absolute atomic E-state index is 0.197. The van der Waals surface area contributed by atoms with Crippen molar-refractivity contribution in [1.82, 2.24) is 4.90 Å². The molecule has 132 valence electrons. The van der Waals surface area contributed by atoms with Gasteiger partial charge in [-0.25, -0.2) is 0 Å². The summed E-state index contributed by atoms with van der Waals surface area (Å²) in [5, 5.41) is 0. The first-order chi connectivity index (χ1) is 11.5. The Morgan fingerprint density at radius 3 is 2.50 bits per heavy atom. The molecule has 1 aliphatic rings. The van der Waals surface area contributed by atoms with Crippen molar-refractivity contribution < 1.29 is 19.1 Å². The molecule has 0 amide bonds. The zero-order valence-corrected chi connectivity index (χ0v) is 14.8. The molecule has 0 aliphatic heterocycles. The second-order valence-corrected chi connectivity index (χ2v) is 6.15. The van der Waals surface area contributed by atoms with Crippen molar-refractivity contribution in [1.29, 1.82) is 0 Å². The summed E-state index contributed by atoms with van der Waals surface area (Å²) in [5.74, 6) is -0.404. The van der Waals surface area contributed by atoms with Crippen LogP contribution >= 0.6 is 0 Å². The van der Waals surface area contributed by atoms with E-state index in [1.54, 1.807) is 6.92 Å². The second-order valence-electron chi connectivity index (χ2n) is 6.15. The quantitative estimate of drug-likeness (QED) is 0.685. The minimum atomic E-state index is -0.407. The highest BCUT2D eigenvalue weighted by Gasteiger charge is 2.44. The molecule has 1 unspecified atom stereocenters. The fraction of sp³-hybridized carbons (Fsp3) is 0.579. The van der Waals surface area contributed by atoms with Crippen LogP contribution in [0.1, 0.15) is 44.2 Å². The van der Waals surface area contributed by atoms with Gasteiger partial charge in [-0.15, -0.1) is 0 Å². The van der Waals surface area contributed by atoms with Crippen molar-refractivity contribution in [3.63, 3.8) is 0 Å². The maximum Gasteiger partial charge on any atom is 0.308 e. The van der Waals surface area contributed by atoms with E-state index in [1.807, 2.05) is 26.1 Å². The zero-order chi connectivity index (χ0) is 17.6. The number of hydrogen-bond donors (Lipinski definition) is 0. The molecular weight excluding hydrogens is 306 g/mol. The molecule has 0 N–H and O–H groups in total. The summed E-state index contributed by atoms with van der Waals surface area (Å²) in [4.78, 5) is 26.0. The first-order valence-corrected chi connectivity index (χ1v) is 8.64. The molecule has 1 atom stereocenters. The van der Waals surface area contributed by atoms with E-state index in [2.05, 4.69) is 17.0 Å². The lowest BCUT2D eigenvalue weighted by molar-refractivity contribution is -0.147. The smallest absolute Gasteiger partial charge is 0.308 e. The fourth-order valence-electron chi connectivity index (χ4n) is 3.54. The lowest BCUT2D eigenvalue weighted by Gasteiger charge is -2.39. The van der Waals surface area contributed by atoms with Crippen LogP contribution in [0.5, 0.6) is 0 Å². The molecule has 0 saturated carbocycles. The van der Waals surface area contributed by atoms with Gasteiger partial charge in [-0.1, -0.05) is 24.3 Å². The van der Waals surface area contributed by atoms with E-state index in [4.69, 9.17) is 9.47 Å². The summed E-state index contributed by atoms with van der Waals surface area (Å²) < 4.78 is 10.2. The molecule has 0 heterocycles. The molecule has 0 saturated heterocycles. The Bertz CT molecular complexity index is 586. The highest BCUT2D eigenvalue weighted by molar-refractivity contribution is 5.72. The molecule has 0 fully saturated rings. The topological polar surface area (TPSA) is 55.8 Å². The zero-order valence-electron chi connectivity index (χ0n) is 14.8. The van der Waals surface area contributed by atoms with E-state index >= 15 is 0 Å². The largest absolute Gasteiger partial charge is 0.466 e. The van der Waals surface area contributed by atoms with Gasteiger partial charge in [0.05, 0.1) is 31.6 Å². The van der Waals surface area contributed by atoms with Crippen LogP contribution in [0, 0.1) is 0 Å². The number of rotatable bonds is 8. The second kappa shape index (κ2) is 8.29. The van der Waals surface area contributed by atoms with Gasteiger partial charge in [-0.05, 0) is 44.9 Å². The van der Waals surface area contributed by atoms with E-state index in [0.717, 1.165) is 12.8 Å². The van der Waals surface area contributed by atoms with Crippen LogP contribution in [0.25, 0.3) is 0 Å². The van der Waals surface area contributed by atoms with Crippen LogP contribution < -0.4 is 0 Å². The number of fused-ring (bicyclic) bond motifs is 1. The van der Waals surface area contributed by atoms with Crippen LogP contribution in [0.15, 0.2) is 24.3 Å². The Morgan fingerprint density at radius 2 is 1.79 bits per heavy atom. The highest BCUT2D eigenvalue weighted by Crippen LogP contribution is 2.44. The Labute approximate surface area is 143 Å². The number of hydrogen-bond acceptors (Lipinski definition) is 5. The number of carbonyl (C=O) groups is 2. The summed E-state index contributed by atoms with van der Waals surface area (Å²) in [6.45, 7) is 4.93. The van der Waals surface area contributed by atoms with Crippen molar-refractivity contribution in [2.45, 2.75) is 45.1 Å². The van der Waals surface area contributed by atoms with Gasteiger partial charge in [0.2, 0.25) is 0 Å². The standard InChI is InChI=1S/C19H27NO4/c1-4-23-17(21)11-13-20(3)19(14-18(22)24-5-2)12-10-15-8-6-7-9-16(15)19/h6-9H,4-5,10-14H2,1-3H3. The van der Waals surface area contributed by atoms with Crippen LogP contribution in [0.4, 0.5) is 0 Å². The van der Waals surface area contributed by atoms with Crippen LogP contribution in [0.3, 0.4) is 0 Å². The third-order valence-electron chi connectivity index (χ3n) is 4.76. The number of nitrogens with zero attached hydrogens (tertiary/aromatic N) is 1. The van der Waals surface area contributed by atoms with Crippen molar-refractivity contribution in [3.05, 3.63) is 35.4 Å². The predicted molar refractivity (Wildman–Crippen MR) is 91.6 cm³/mol. The number of ether oxygens (including phenoxy) is 2. The lowest BCUT2D eigenvalue weighted by Crippen LogP contribution is -2.45. The molecule has 24 heavy (non-hydrogen) atoms. The highest BCUT2D eigenvalue weighted by atomic mass is 16.5. The Morgan fingerprint density at radius 1 is 1.12 bits per heavy atom. The maximum absolute atomic E-state index is 12.2. The summed E-state index contributed by atoms with van der Waals surface area (Å²) >= 11 is 0. The third kappa shape index (κ3) is 3.96. The predicted octanol–water partition coefficient (Wildman–Crippen LogP) is 2.67.